The van der Waals surface area contributed by atoms with Gasteiger partial charge in [0.1, 0.15) is 5.75 Å². The highest BCUT2D eigenvalue weighted by Crippen LogP contribution is 2.25. The molecule has 3 N–H and O–H groups in total. The molecule has 0 bridgehead atoms. The number of fused-ring (bicyclic) bond motifs is 1. The molecule has 1 aliphatic heterocycles. The Morgan fingerprint density at radius 2 is 1.79 bits per heavy atom. The van der Waals surface area contributed by atoms with E-state index in [0.29, 0.717) is 12.2 Å². The van der Waals surface area contributed by atoms with Crippen molar-refractivity contribution in [2.75, 3.05) is 6.61 Å². The third-order valence-electron chi connectivity index (χ3n) is 3.60. The van der Waals surface area contributed by atoms with Crippen LogP contribution >= 0.6 is 0 Å². The molecular weight excluding hydrogens is 310 g/mol. The SMILES string of the molecule is O=C(NO)c1ccc(C(=O)N/N=C/c2ccc3c(c2)CCO3)cc1. The van der Waals surface area contributed by atoms with Gasteiger partial charge in [-0.25, -0.2) is 10.9 Å². The molecule has 1 heterocycles. The molecule has 3 rings (SSSR count). The molecule has 0 saturated heterocycles. The maximum Gasteiger partial charge on any atom is 0.274 e. The summed E-state index contributed by atoms with van der Waals surface area (Å²) in [5, 5.41) is 12.5. The smallest absolute Gasteiger partial charge is 0.274 e. The molecule has 7 nitrogen and oxygen atoms in total. The number of hydrogen-bond acceptors (Lipinski definition) is 5. The van der Waals surface area contributed by atoms with Gasteiger partial charge in [0, 0.05) is 17.5 Å². The van der Waals surface area contributed by atoms with Gasteiger partial charge in [-0.2, -0.15) is 5.10 Å². The van der Waals surface area contributed by atoms with E-state index in [4.69, 9.17) is 9.94 Å². The Morgan fingerprint density at radius 3 is 2.50 bits per heavy atom. The lowest BCUT2D eigenvalue weighted by Gasteiger charge is -2.02. The number of hydrogen-bond donors (Lipinski definition) is 3. The fraction of sp³-hybridized carbons (Fsp3) is 0.118. The van der Waals surface area contributed by atoms with Crippen molar-refractivity contribution in [3.05, 3.63) is 64.7 Å². The second kappa shape index (κ2) is 6.93. The van der Waals surface area contributed by atoms with Crippen LogP contribution < -0.4 is 15.6 Å². The van der Waals surface area contributed by atoms with Gasteiger partial charge in [0.15, 0.2) is 0 Å². The number of rotatable bonds is 4. The first kappa shape index (κ1) is 15.7. The van der Waals surface area contributed by atoms with E-state index in [2.05, 4.69) is 10.5 Å². The number of carbonyl (C=O) groups excluding carboxylic acids is 2. The average molecular weight is 325 g/mol. The van der Waals surface area contributed by atoms with E-state index in [0.717, 1.165) is 23.3 Å². The molecule has 7 heteroatoms. The van der Waals surface area contributed by atoms with Crippen LogP contribution in [0.15, 0.2) is 47.6 Å². The van der Waals surface area contributed by atoms with Crippen LogP contribution in [0.1, 0.15) is 31.8 Å². The first-order valence-electron chi connectivity index (χ1n) is 7.31. The van der Waals surface area contributed by atoms with Gasteiger partial charge >= 0.3 is 0 Å². The molecule has 122 valence electrons. The minimum atomic E-state index is -0.638. The van der Waals surface area contributed by atoms with Crippen LogP contribution in [0.2, 0.25) is 0 Å². The first-order chi connectivity index (χ1) is 11.7. The maximum atomic E-state index is 12.0. The van der Waals surface area contributed by atoms with Gasteiger partial charge in [0.25, 0.3) is 11.8 Å². The Kier molecular flexibility index (Phi) is 4.53. The molecule has 2 aromatic carbocycles. The van der Waals surface area contributed by atoms with Crippen molar-refractivity contribution in [1.29, 1.82) is 0 Å². The molecule has 1 aliphatic rings. The highest BCUT2D eigenvalue weighted by atomic mass is 16.5. The second-order valence-electron chi connectivity index (χ2n) is 5.18. The van der Waals surface area contributed by atoms with Gasteiger partial charge in [-0.05, 0) is 53.6 Å². The Hall–Kier alpha value is -3.19. The van der Waals surface area contributed by atoms with Crippen molar-refractivity contribution in [1.82, 2.24) is 10.9 Å². The first-order valence-corrected chi connectivity index (χ1v) is 7.31. The fourth-order valence-electron chi connectivity index (χ4n) is 2.35. The Labute approximate surface area is 137 Å². The summed E-state index contributed by atoms with van der Waals surface area (Å²) in [6, 6.07) is 11.5. The lowest BCUT2D eigenvalue weighted by molar-refractivity contribution is 0.0706. The van der Waals surface area contributed by atoms with E-state index in [1.54, 1.807) is 6.21 Å². The van der Waals surface area contributed by atoms with Crippen molar-refractivity contribution in [2.45, 2.75) is 6.42 Å². The Morgan fingerprint density at radius 1 is 1.08 bits per heavy atom. The quantitative estimate of drug-likeness (QED) is 0.450. The van der Waals surface area contributed by atoms with Gasteiger partial charge in [-0.1, -0.05) is 0 Å². The monoisotopic (exact) mass is 325 g/mol. The number of nitrogens with one attached hydrogen (secondary N) is 2. The van der Waals surface area contributed by atoms with Crippen LogP contribution in [0.25, 0.3) is 0 Å². The number of ether oxygens (including phenoxy) is 1. The molecule has 0 aliphatic carbocycles. The molecule has 0 radical (unpaired) electrons. The van der Waals surface area contributed by atoms with Crippen molar-refractivity contribution in [2.24, 2.45) is 5.10 Å². The maximum absolute atomic E-state index is 12.0. The number of hydroxylamine groups is 1. The number of benzene rings is 2. The van der Waals surface area contributed by atoms with Gasteiger partial charge in [-0.3, -0.25) is 14.8 Å². The number of hydrazone groups is 1. The van der Waals surface area contributed by atoms with Crippen LogP contribution in [0.4, 0.5) is 0 Å². The Balaban J connectivity index is 1.61. The zero-order valence-electron chi connectivity index (χ0n) is 12.7. The van der Waals surface area contributed by atoms with E-state index < -0.39 is 11.8 Å². The minimum Gasteiger partial charge on any atom is -0.493 e. The number of nitrogens with zero attached hydrogens (tertiary/aromatic N) is 1. The summed E-state index contributed by atoms with van der Waals surface area (Å²) in [5.41, 5.74) is 6.55. The predicted molar refractivity (Wildman–Crippen MR) is 86.4 cm³/mol. The molecular formula is C17H15N3O4. The van der Waals surface area contributed by atoms with Crippen LogP contribution in [-0.4, -0.2) is 29.8 Å². The van der Waals surface area contributed by atoms with Gasteiger partial charge in [0.2, 0.25) is 0 Å². The van der Waals surface area contributed by atoms with Crippen molar-refractivity contribution in [3.8, 4) is 5.75 Å². The highest BCUT2D eigenvalue weighted by Gasteiger charge is 2.11. The van der Waals surface area contributed by atoms with Gasteiger partial charge in [0.05, 0.1) is 12.8 Å². The van der Waals surface area contributed by atoms with Crippen molar-refractivity contribution >= 4 is 18.0 Å². The molecule has 0 fully saturated rings. The molecule has 0 unspecified atom stereocenters. The average Bonchev–Trinajstić information content (AvgIpc) is 3.09. The summed E-state index contributed by atoms with van der Waals surface area (Å²) in [6.07, 6.45) is 2.43. The van der Waals surface area contributed by atoms with Crippen molar-refractivity contribution in [3.63, 3.8) is 0 Å². The molecule has 2 amide bonds. The summed E-state index contributed by atoms with van der Waals surface area (Å²) < 4.78 is 5.43. The summed E-state index contributed by atoms with van der Waals surface area (Å²) >= 11 is 0. The van der Waals surface area contributed by atoms with E-state index in [9.17, 15) is 9.59 Å². The Bertz CT molecular complexity index is 800. The normalized spacial score (nSPS) is 12.5. The lowest BCUT2D eigenvalue weighted by Crippen LogP contribution is -2.20. The number of amides is 2. The highest BCUT2D eigenvalue weighted by molar-refractivity contribution is 5.97. The van der Waals surface area contributed by atoms with E-state index in [-0.39, 0.29) is 5.56 Å². The largest absolute Gasteiger partial charge is 0.493 e. The molecule has 2 aromatic rings. The van der Waals surface area contributed by atoms with Gasteiger partial charge in [-0.15, -0.1) is 0 Å². The number of carbonyl (C=O) groups is 2. The molecule has 0 saturated carbocycles. The van der Waals surface area contributed by atoms with Crippen molar-refractivity contribution < 1.29 is 19.5 Å². The van der Waals surface area contributed by atoms with Crippen LogP contribution in [0.5, 0.6) is 5.75 Å². The second-order valence-corrected chi connectivity index (χ2v) is 5.18. The van der Waals surface area contributed by atoms with E-state index in [1.807, 2.05) is 18.2 Å². The fourth-order valence-corrected chi connectivity index (χ4v) is 2.35. The van der Waals surface area contributed by atoms with E-state index in [1.165, 1.54) is 29.7 Å². The standard InChI is InChI=1S/C17H15N3O4/c21-16(12-2-4-13(5-3-12)17(22)20-23)19-18-10-11-1-6-15-14(9-11)7-8-24-15/h1-6,9-10,23H,7-8H2,(H,19,21)(H,20,22)/b18-10+. The molecule has 0 atom stereocenters. The van der Waals surface area contributed by atoms with Crippen LogP contribution in [0.3, 0.4) is 0 Å². The third-order valence-corrected chi connectivity index (χ3v) is 3.60. The minimum absolute atomic E-state index is 0.248. The molecule has 24 heavy (non-hydrogen) atoms. The zero-order valence-corrected chi connectivity index (χ0v) is 12.7. The zero-order chi connectivity index (χ0) is 16.9. The third kappa shape index (κ3) is 3.41. The molecule has 0 aromatic heterocycles. The topological polar surface area (TPSA) is 100 Å². The summed E-state index contributed by atoms with van der Waals surface area (Å²) in [6.45, 7) is 0.691. The summed E-state index contributed by atoms with van der Waals surface area (Å²) in [5.74, 6) is -0.143. The van der Waals surface area contributed by atoms with Crippen LogP contribution in [-0.2, 0) is 6.42 Å². The summed E-state index contributed by atoms with van der Waals surface area (Å²) in [4.78, 5) is 23.2. The lowest BCUT2D eigenvalue weighted by atomic mass is 10.1. The van der Waals surface area contributed by atoms with Gasteiger partial charge < -0.3 is 4.74 Å². The van der Waals surface area contributed by atoms with Crippen LogP contribution in [0, 0.1) is 0 Å². The summed E-state index contributed by atoms with van der Waals surface area (Å²) in [7, 11) is 0. The predicted octanol–water partition coefficient (Wildman–Crippen LogP) is 1.50. The van der Waals surface area contributed by atoms with E-state index >= 15 is 0 Å². The molecule has 0 spiro atoms.